The van der Waals surface area contributed by atoms with E-state index in [2.05, 4.69) is 43.1 Å². The highest BCUT2D eigenvalue weighted by atomic mass is 16.5. The van der Waals surface area contributed by atoms with E-state index >= 15 is 0 Å². The number of aromatic nitrogens is 5. The van der Waals surface area contributed by atoms with Crippen LogP contribution >= 0.6 is 0 Å². The molecule has 0 saturated heterocycles. The molecule has 0 fully saturated rings. The number of hydrogen-bond donors (Lipinski definition) is 1. The summed E-state index contributed by atoms with van der Waals surface area (Å²) in [6, 6.07) is 13.7. The molecule has 0 spiro atoms. The van der Waals surface area contributed by atoms with E-state index in [-0.39, 0.29) is 0 Å². The molecule has 0 aliphatic heterocycles. The summed E-state index contributed by atoms with van der Waals surface area (Å²) in [5.41, 5.74) is 3.44. The van der Waals surface area contributed by atoms with Crippen molar-refractivity contribution >= 4 is 28.2 Å². The molecule has 0 saturated carbocycles. The van der Waals surface area contributed by atoms with Crippen molar-refractivity contribution in [3.05, 3.63) is 54.9 Å². The molecular weight excluding hydrogens is 408 g/mol. The maximum Gasteiger partial charge on any atom is 0.247 e. The Morgan fingerprint density at radius 2 is 1.69 bits per heavy atom. The van der Waals surface area contributed by atoms with E-state index in [9.17, 15) is 0 Å². The quantitative estimate of drug-likeness (QED) is 0.435. The van der Waals surface area contributed by atoms with Crippen LogP contribution in [-0.4, -0.2) is 45.5 Å². The van der Waals surface area contributed by atoms with Gasteiger partial charge < -0.3 is 24.1 Å². The number of hydrogen-bond acceptors (Lipinski definition) is 7. The zero-order chi connectivity index (χ0) is 22.2. The number of benzene rings is 2. The van der Waals surface area contributed by atoms with Gasteiger partial charge >= 0.3 is 0 Å². The molecule has 0 unspecified atom stereocenters. The van der Waals surface area contributed by atoms with Gasteiger partial charge in [0.15, 0.2) is 23.0 Å². The van der Waals surface area contributed by atoms with Crippen LogP contribution in [0.3, 0.4) is 0 Å². The van der Waals surface area contributed by atoms with E-state index in [0.29, 0.717) is 34.7 Å². The summed E-state index contributed by atoms with van der Waals surface area (Å²) in [5.74, 6) is 2.66. The van der Waals surface area contributed by atoms with Gasteiger partial charge in [0, 0.05) is 42.3 Å². The summed E-state index contributed by atoms with van der Waals surface area (Å²) in [5, 5.41) is 9.11. The average molecular weight is 430 g/mol. The van der Waals surface area contributed by atoms with Crippen LogP contribution in [0.2, 0.25) is 0 Å². The van der Waals surface area contributed by atoms with Gasteiger partial charge in [0.25, 0.3) is 0 Å². The number of ether oxygens (including phenoxy) is 3. The highest BCUT2D eigenvalue weighted by molar-refractivity contribution is 5.84. The molecule has 0 aliphatic rings. The molecule has 162 valence electrons. The van der Waals surface area contributed by atoms with E-state index < -0.39 is 0 Å². The lowest BCUT2D eigenvalue weighted by Crippen LogP contribution is -2.00. The molecule has 3 heterocycles. The van der Waals surface area contributed by atoms with Crippen molar-refractivity contribution < 1.29 is 14.2 Å². The second-order valence-corrected chi connectivity index (χ2v) is 7.21. The van der Waals surface area contributed by atoms with Crippen LogP contribution < -0.4 is 19.5 Å². The first-order valence-electron chi connectivity index (χ1n) is 9.95. The minimum atomic E-state index is 0.472. The summed E-state index contributed by atoms with van der Waals surface area (Å²) < 4.78 is 20.1. The predicted molar refractivity (Wildman–Crippen MR) is 122 cm³/mol. The molecule has 1 N–H and O–H groups in total. The van der Waals surface area contributed by atoms with Gasteiger partial charge in [0.1, 0.15) is 0 Å². The summed E-state index contributed by atoms with van der Waals surface area (Å²) >= 11 is 0. The number of nitrogens with one attached hydrogen (secondary N) is 1. The van der Waals surface area contributed by atoms with Gasteiger partial charge in [-0.1, -0.05) is 6.07 Å². The zero-order valence-electron chi connectivity index (χ0n) is 18.2. The maximum atomic E-state index is 5.48. The second kappa shape index (κ2) is 7.77. The standard InChI is InChI=1S/C23H22N6O3/c1-28-10-8-14-5-6-16(13-17(14)28)25-23-26-20-7-9-24-22(29(20)27-23)15-11-18(30-2)21(32-4)19(12-15)31-3/h5-13H,1-4H3,(H,25,27). The first-order valence-corrected chi connectivity index (χ1v) is 9.95. The minimum absolute atomic E-state index is 0.472. The molecule has 0 radical (unpaired) electrons. The van der Waals surface area contributed by atoms with E-state index in [0.717, 1.165) is 16.8 Å². The number of methoxy groups -OCH3 is 3. The van der Waals surface area contributed by atoms with Crippen LogP contribution in [0.1, 0.15) is 0 Å². The van der Waals surface area contributed by atoms with Crippen LogP contribution in [0, 0.1) is 0 Å². The van der Waals surface area contributed by atoms with Gasteiger partial charge in [-0.15, -0.1) is 5.10 Å². The van der Waals surface area contributed by atoms with Crippen molar-refractivity contribution in [2.45, 2.75) is 0 Å². The highest BCUT2D eigenvalue weighted by Gasteiger charge is 2.17. The lowest BCUT2D eigenvalue weighted by molar-refractivity contribution is 0.324. The molecule has 0 bridgehead atoms. The van der Waals surface area contributed by atoms with E-state index in [4.69, 9.17) is 14.2 Å². The molecule has 2 aromatic carbocycles. The van der Waals surface area contributed by atoms with E-state index in [1.54, 1.807) is 38.1 Å². The number of fused-ring (bicyclic) bond motifs is 2. The molecule has 3 aromatic heterocycles. The van der Waals surface area contributed by atoms with Gasteiger partial charge in [-0.2, -0.15) is 9.50 Å². The lowest BCUT2D eigenvalue weighted by Gasteiger charge is -2.14. The Balaban J connectivity index is 1.57. The molecule has 9 nitrogen and oxygen atoms in total. The largest absolute Gasteiger partial charge is 0.493 e. The summed E-state index contributed by atoms with van der Waals surface area (Å²) in [4.78, 5) is 9.14. The Morgan fingerprint density at radius 1 is 0.906 bits per heavy atom. The molecule has 9 heteroatoms. The first kappa shape index (κ1) is 19.7. The summed E-state index contributed by atoms with van der Waals surface area (Å²) in [6.07, 6.45) is 3.73. The minimum Gasteiger partial charge on any atom is -0.493 e. The third kappa shape index (κ3) is 3.24. The average Bonchev–Trinajstić information content (AvgIpc) is 3.40. The SMILES string of the molecule is COc1cc(-c2nccc3nc(Nc4ccc5ccn(C)c5c4)nn23)cc(OC)c1OC. The van der Waals surface area contributed by atoms with Gasteiger partial charge in [-0.05, 0) is 35.7 Å². The van der Waals surface area contributed by atoms with Crippen LogP contribution in [0.15, 0.2) is 54.9 Å². The van der Waals surface area contributed by atoms with Crippen molar-refractivity contribution in [1.82, 2.24) is 24.1 Å². The Kier molecular flexibility index (Phi) is 4.78. The second-order valence-electron chi connectivity index (χ2n) is 7.21. The van der Waals surface area contributed by atoms with Crippen molar-refractivity contribution in [2.75, 3.05) is 26.6 Å². The van der Waals surface area contributed by atoms with Crippen LogP contribution in [-0.2, 0) is 7.05 Å². The number of aryl methyl sites for hydroxylation is 1. The fraction of sp³-hybridized carbons (Fsp3) is 0.174. The van der Waals surface area contributed by atoms with Crippen molar-refractivity contribution in [2.24, 2.45) is 7.05 Å². The monoisotopic (exact) mass is 430 g/mol. The van der Waals surface area contributed by atoms with E-state index in [1.807, 2.05) is 31.4 Å². The zero-order valence-corrected chi connectivity index (χ0v) is 18.2. The fourth-order valence-corrected chi connectivity index (χ4v) is 3.75. The van der Waals surface area contributed by atoms with Crippen molar-refractivity contribution in [3.63, 3.8) is 0 Å². The first-order chi connectivity index (χ1) is 15.6. The van der Waals surface area contributed by atoms with Gasteiger partial charge in [-0.3, -0.25) is 0 Å². The van der Waals surface area contributed by atoms with Crippen LogP contribution in [0.4, 0.5) is 11.6 Å². The maximum absolute atomic E-state index is 5.48. The Morgan fingerprint density at radius 3 is 2.41 bits per heavy atom. The van der Waals surface area contributed by atoms with Crippen LogP contribution in [0.25, 0.3) is 27.9 Å². The Bertz CT molecular complexity index is 1410. The molecule has 0 aliphatic carbocycles. The van der Waals surface area contributed by atoms with Gasteiger partial charge in [0.2, 0.25) is 11.7 Å². The Labute approximate surface area is 184 Å². The predicted octanol–water partition coefficient (Wildman–Crippen LogP) is 4.05. The molecule has 5 rings (SSSR count). The smallest absolute Gasteiger partial charge is 0.247 e. The molecule has 0 amide bonds. The van der Waals surface area contributed by atoms with Gasteiger partial charge in [-0.25, -0.2) is 4.98 Å². The number of rotatable bonds is 6. The van der Waals surface area contributed by atoms with E-state index in [1.165, 1.54) is 5.39 Å². The summed E-state index contributed by atoms with van der Waals surface area (Å²) in [7, 11) is 6.75. The highest BCUT2D eigenvalue weighted by Crippen LogP contribution is 2.40. The third-order valence-corrected chi connectivity index (χ3v) is 5.32. The fourth-order valence-electron chi connectivity index (χ4n) is 3.75. The number of anilines is 2. The summed E-state index contributed by atoms with van der Waals surface area (Å²) in [6.45, 7) is 0. The molecular formula is C23H22N6O3. The normalized spacial score (nSPS) is 11.1. The van der Waals surface area contributed by atoms with Crippen molar-refractivity contribution in [1.29, 1.82) is 0 Å². The van der Waals surface area contributed by atoms with Crippen LogP contribution in [0.5, 0.6) is 17.2 Å². The lowest BCUT2D eigenvalue weighted by atomic mass is 10.1. The molecule has 32 heavy (non-hydrogen) atoms. The molecule has 5 aromatic rings. The topological polar surface area (TPSA) is 87.7 Å². The van der Waals surface area contributed by atoms with Gasteiger partial charge in [0.05, 0.1) is 21.3 Å². The van der Waals surface area contributed by atoms with Crippen molar-refractivity contribution in [3.8, 4) is 28.6 Å². The third-order valence-electron chi connectivity index (χ3n) is 5.32. The Hall–Kier alpha value is -4.27. The molecule has 0 atom stereocenters. The number of nitrogens with zero attached hydrogens (tertiary/aromatic N) is 5.